The molecule has 1 saturated carbocycles. The number of rotatable bonds is 9. The number of thioether (sulfide) groups is 1. The molecule has 1 amide bonds. The molecule has 0 spiro atoms. The average Bonchev–Trinajstić information content (AvgIpc) is 3.33. The molecule has 0 saturated heterocycles. The number of hydrogen-bond acceptors (Lipinski definition) is 5. The van der Waals surface area contributed by atoms with E-state index >= 15 is 0 Å². The minimum atomic E-state index is -0.384. The molecule has 1 aromatic rings. The number of hydrogen-bond donors (Lipinski definition) is 1. The zero-order valence-electron chi connectivity index (χ0n) is 12.7. The Morgan fingerprint density at radius 3 is 2.77 bits per heavy atom. The molecule has 0 aromatic heterocycles. The SMILES string of the molecule is CCOCCOC(=O)c1ccccc1SCC(=O)NC1CC1. The fourth-order valence-corrected chi connectivity index (χ4v) is 2.67. The zero-order valence-corrected chi connectivity index (χ0v) is 13.5. The van der Waals surface area contributed by atoms with Crippen molar-refractivity contribution in [3.63, 3.8) is 0 Å². The molecule has 6 heteroatoms. The van der Waals surface area contributed by atoms with E-state index in [9.17, 15) is 9.59 Å². The highest BCUT2D eigenvalue weighted by molar-refractivity contribution is 8.00. The predicted octanol–water partition coefficient (Wildman–Crippen LogP) is 2.25. The van der Waals surface area contributed by atoms with Crippen LogP contribution in [-0.2, 0) is 14.3 Å². The van der Waals surface area contributed by atoms with Gasteiger partial charge in [0.2, 0.25) is 5.91 Å². The number of benzene rings is 1. The van der Waals surface area contributed by atoms with Gasteiger partial charge in [0.1, 0.15) is 6.61 Å². The lowest BCUT2D eigenvalue weighted by Gasteiger charge is -2.09. The van der Waals surface area contributed by atoms with Gasteiger partial charge in [0, 0.05) is 17.5 Å². The van der Waals surface area contributed by atoms with Gasteiger partial charge in [-0.25, -0.2) is 4.79 Å². The highest BCUT2D eigenvalue weighted by atomic mass is 32.2. The van der Waals surface area contributed by atoms with Gasteiger partial charge in [-0.1, -0.05) is 12.1 Å². The number of esters is 1. The van der Waals surface area contributed by atoms with Crippen molar-refractivity contribution in [2.45, 2.75) is 30.7 Å². The molecule has 1 N–H and O–H groups in total. The van der Waals surface area contributed by atoms with Crippen molar-refractivity contribution >= 4 is 23.6 Å². The first-order chi connectivity index (χ1) is 10.7. The van der Waals surface area contributed by atoms with Gasteiger partial charge in [0.05, 0.1) is 17.9 Å². The first-order valence-corrected chi connectivity index (χ1v) is 8.45. The first-order valence-electron chi connectivity index (χ1n) is 7.46. The Hall–Kier alpha value is -1.53. The summed E-state index contributed by atoms with van der Waals surface area (Å²) in [7, 11) is 0. The number of carbonyl (C=O) groups is 2. The summed E-state index contributed by atoms with van der Waals surface area (Å²) < 4.78 is 10.3. The van der Waals surface area contributed by atoms with Gasteiger partial charge in [-0.05, 0) is 31.9 Å². The fourth-order valence-electron chi connectivity index (χ4n) is 1.82. The Morgan fingerprint density at radius 1 is 1.27 bits per heavy atom. The quantitative estimate of drug-likeness (QED) is 0.429. The summed E-state index contributed by atoms with van der Waals surface area (Å²) in [5.74, 6) is -0.0721. The van der Waals surface area contributed by atoms with Crippen molar-refractivity contribution in [3.05, 3.63) is 29.8 Å². The largest absolute Gasteiger partial charge is 0.460 e. The summed E-state index contributed by atoms with van der Waals surface area (Å²) in [6, 6.07) is 7.52. The Bertz CT molecular complexity index is 517. The summed E-state index contributed by atoms with van der Waals surface area (Å²) in [5, 5.41) is 2.93. The second-order valence-corrected chi connectivity index (χ2v) is 5.98. The number of amides is 1. The van der Waals surface area contributed by atoms with Crippen LogP contribution in [0.1, 0.15) is 30.1 Å². The molecule has 0 unspecified atom stereocenters. The average molecular weight is 323 g/mol. The smallest absolute Gasteiger partial charge is 0.339 e. The molecule has 120 valence electrons. The Kier molecular flexibility index (Phi) is 6.74. The van der Waals surface area contributed by atoms with E-state index in [0.29, 0.717) is 30.6 Å². The minimum absolute atomic E-state index is 0.00650. The maximum atomic E-state index is 12.1. The third-order valence-corrected chi connectivity index (χ3v) is 4.15. The molecule has 1 fully saturated rings. The van der Waals surface area contributed by atoms with Crippen LogP contribution in [0, 0.1) is 0 Å². The van der Waals surface area contributed by atoms with Crippen molar-refractivity contribution in [1.82, 2.24) is 5.32 Å². The summed E-state index contributed by atoms with van der Waals surface area (Å²) >= 11 is 1.35. The molecule has 5 nitrogen and oxygen atoms in total. The van der Waals surface area contributed by atoms with Gasteiger partial charge < -0.3 is 14.8 Å². The van der Waals surface area contributed by atoms with E-state index in [1.54, 1.807) is 12.1 Å². The third-order valence-electron chi connectivity index (χ3n) is 3.07. The molecule has 2 rings (SSSR count). The molecule has 0 aliphatic heterocycles. The van der Waals surface area contributed by atoms with Gasteiger partial charge in [0.15, 0.2) is 0 Å². The Balaban J connectivity index is 1.85. The maximum absolute atomic E-state index is 12.1. The highest BCUT2D eigenvalue weighted by Gasteiger charge is 2.23. The van der Waals surface area contributed by atoms with Gasteiger partial charge in [-0.15, -0.1) is 11.8 Å². The van der Waals surface area contributed by atoms with E-state index in [-0.39, 0.29) is 18.5 Å². The second-order valence-electron chi connectivity index (χ2n) is 4.96. The van der Waals surface area contributed by atoms with Crippen LogP contribution >= 0.6 is 11.8 Å². The standard InChI is InChI=1S/C16H21NO4S/c1-2-20-9-10-21-16(19)13-5-3-4-6-14(13)22-11-15(18)17-12-7-8-12/h3-6,12H,2,7-11H2,1H3,(H,17,18). The molecule has 1 aliphatic rings. The number of nitrogens with one attached hydrogen (secondary N) is 1. The topological polar surface area (TPSA) is 64.6 Å². The number of carbonyl (C=O) groups excluding carboxylic acids is 2. The van der Waals surface area contributed by atoms with Crippen LogP contribution in [0.4, 0.5) is 0 Å². The van der Waals surface area contributed by atoms with Gasteiger partial charge in [-0.2, -0.15) is 0 Å². The van der Waals surface area contributed by atoms with Gasteiger partial charge in [-0.3, -0.25) is 4.79 Å². The van der Waals surface area contributed by atoms with Crippen LogP contribution in [-0.4, -0.2) is 43.5 Å². The maximum Gasteiger partial charge on any atom is 0.339 e. The normalized spacial score (nSPS) is 13.7. The van der Waals surface area contributed by atoms with Crippen molar-refractivity contribution < 1.29 is 19.1 Å². The van der Waals surface area contributed by atoms with Crippen LogP contribution in [0.25, 0.3) is 0 Å². The lowest BCUT2D eigenvalue weighted by atomic mass is 10.2. The van der Waals surface area contributed by atoms with Crippen LogP contribution in [0.5, 0.6) is 0 Å². The molecule has 1 aliphatic carbocycles. The Morgan fingerprint density at radius 2 is 2.05 bits per heavy atom. The third kappa shape index (κ3) is 5.69. The molecule has 0 bridgehead atoms. The Labute approximate surface area is 134 Å². The first kappa shape index (κ1) is 16.8. The summed E-state index contributed by atoms with van der Waals surface area (Å²) in [6.45, 7) is 3.11. The minimum Gasteiger partial charge on any atom is -0.460 e. The summed E-state index contributed by atoms with van der Waals surface area (Å²) in [5.41, 5.74) is 0.489. The van der Waals surface area contributed by atoms with E-state index in [1.807, 2.05) is 19.1 Å². The van der Waals surface area contributed by atoms with E-state index in [4.69, 9.17) is 9.47 Å². The molecule has 0 atom stereocenters. The molecular weight excluding hydrogens is 302 g/mol. The lowest BCUT2D eigenvalue weighted by molar-refractivity contribution is -0.118. The van der Waals surface area contributed by atoms with Gasteiger partial charge >= 0.3 is 5.97 Å². The summed E-state index contributed by atoms with van der Waals surface area (Å²) in [6.07, 6.45) is 2.14. The van der Waals surface area contributed by atoms with Crippen molar-refractivity contribution in [1.29, 1.82) is 0 Å². The van der Waals surface area contributed by atoms with E-state index in [1.165, 1.54) is 11.8 Å². The monoisotopic (exact) mass is 323 g/mol. The molecule has 1 aromatic carbocycles. The van der Waals surface area contributed by atoms with Crippen LogP contribution in [0.15, 0.2) is 29.2 Å². The van der Waals surface area contributed by atoms with E-state index in [2.05, 4.69) is 5.32 Å². The fraction of sp³-hybridized carbons (Fsp3) is 0.500. The van der Waals surface area contributed by atoms with Crippen molar-refractivity contribution in [2.75, 3.05) is 25.6 Å². The van der Waals surface area contributed by atoms with Crippen molar-refractivity contribution in [3.8, 4) is 0 Å². The second kappa shape index (κ2) is 8.80. The highest BCUT2D eigenvalue weighted by Crippen LogP contribution is 2.24. The van der Waals surface area contributed by atoms with E-state index < -0.39 is 0 Å². The zero-order chi connectivity index (χ0) is 15.8. The van der Waals surface area contributed by atoms with Crippen LogP contribution in [0.3, 0.4) is 0 Å². The summed E-state index contributed by atoms with van der Waals surface area (Å²) in [4.78, 5) is 24.6. The van der Waals surface area contributed by atoms with Gasteiger partial charge in [0.25, 0.3) is 0 Å². The van der Waals surface area contributed by atoms with Crippen molar-refractivity contribution in [2.24, 2.45) is 0 Å². The molecule has 22 heavy (non-hydrogen) atoms. The van der Waals surface area contributed by atoms with Crippen LogP contribution in [0.2, 0.25) is 0 Å². The lowest BCUT2D eigenvalue weighted by Crippen LogP contribution is -2.27. The van der Waals surface area contributed by atoms with Crippen LogP contribution < -0.4 is 5.32 Å². The molecule has 0 radical (unpaired) electrons. The van der Waals surface area contributed by atoms with E-state index in [0.717, 1.165) is 17.7 Å². The molecule has 0 heterocycles. The number of ether oxygens (including phenoxy) is 2. The predicted molar refractivity (Wildman–Crippen MR) is 85.1 cm³/mol. The molecular formula is C16H21NO4S.